The molecule has 0 spiro atoms. The summed E-state index contributed by atoms with van der Waals surface area (Å²) >= 11 is 6.56. The molecular formula is C21H28ClN7O. The molecule has 0 radical (unpaired) electrons. The minimum absolute atomic E-state index is 0.00875. The van der Waals surface area contributed by atoms with Gasteiger partial charge < -0.3 is 9.88 Å². The smallest absolute Gasteiger partial charge is 0.274 e. The second kappa shape index (κ2) is 8.39. The van der Waals surface area contributed by atoms with Gasteiger partial charge >= 0.3 is 0 Å². The highest BCUT2D eigenvalue weighted by atomic mass is 35.5. The van der Waals surface area contributed by atoms with Crippen molar-refractivity contribution in [2.24, 2.45) is 11.7 Å². The third kappa shape index (κ3) is 3.96. The molecule has 8 nitrogen and oxygen atoms in total. The molecule has 30 heavy (non-hydrogen) atoms. The summed E-state index contributed by atoms with van der Waals surface area (Å²) in [6, 6.07) is 5.61. The highest BCUT2D eigenvalue weighted by Gasteiger charge is 2.29. The summed E-state index contributed by atoms with van der Waals surface area (Å²) in [5.41, 5.74) is 2.93. The molecule has 1 amide bonds. The number of halogens is 1. The van der Waals surface area contributed by atoms with Crippen molar-refractivity contribution < 1.29 is 4.79 Å². The van der Waals surface area contributed by atoms with Crippen LogP contribution in [0, 0.1) is 0 Å². The molecule has 2 atom stereocenters. The van der Waals surface area contributed by atoms with Gasteiger partial charge in [0.15, 0.2) is 0 Å². The van der Waals surface area contributed by atoms with Gasteiger partial charge in [0, 0.05) is 30.4 Å². The normalized spacial score (nSPS) is 22.8. The number of imidazole rings is 1. The number of fused-ring (bicyclic) bond motifs is 1. The van der Waals surface area contributed by atoms with Crippen molar-refractivity contribution in [3.05, 3.63) is 46.6 Å². The van der Waals surface area contributed by atoms with Crippen LogP contribution in [0.4, 0.5) is 5.95 Å². The van der Waals surface area contributed by atoms with E-state index in [0.717, 1.165) is 42.0 Å². The van der Waals surface area contributed by atoms with Gasteiger partial charge in [0.25, 0.3) is 5.91 Å². The number of nitrogens with two attached hydrogens (primary N) is 2. The molecule has 1 fully saturated rings. The Bertz CT molecular complexity index is 1030. The van der Waals surface area contributed by atoms with E-state index in [0.29, 0.717) is 28.6 Å². The van der Waals surface area contributed by atoms with Crippen LogP contribution in [0.2, 0.25) is 5.02 Å². The number of para-hydroxylation sites is 1. The van der Waals surface area contributed by atoms with Crippen molar-refractivity contribution in [3.63, 3.8) is 0 Å². The molecule has 2 aliphatic rings. The number of dihydropyridines is 1. The fraction of sp³-hybridized carbons (Fsp3) is 0.429. The van der Waals surface area contributed by atoms with E-state index in [9.17, 15) is 4.79 Å². The second-order valence-corrected chi connectivity index (χ2v) is 8.50. The van der Waals surface area contributed by atoms with Crippen LogP contribution in [0.5, 0.6) is 0 Å². The van der Waals surface area contributed by atoms with E-state index in [2.05, 4.69) is 5.32 Å². The average Bonchev–Trinajstić information content (AvgIpc) is 2.96. The van der Waals surface area contributed by atoms with E-state index in [1.54, 1.807) is 6.08 Å². The first-order valence-electron chi connectivity index (χ1n) is 10.3. The largest absolute Gasteiger partial charge is 0.383 e. The first kappa shape index (κ1) is 20.9. The number of amides is 1. The Morgan fingerprint density at radius 1 is 1.37 bits per heavy atom. The zero-order chi connectivity index (χ0) is 21.4. The van der Waals surface area contributed by atoms with Gasteiger partial charge in [0.05, 0.1) is 22.1 Å². The van der Waals surface area contributed by atoms with Gasteiger partial charge in [-0.05, 0) is 51.0 Å². The molecule has 160 valence electrons. The summed E-state index contributed by atoms with van der Waals surface area (Å²) < 4.78 is 1.99. The zero-order valence-electron chi connectivity index (χ0n) is 17.3. The maximum Gasteiger partial charge on any atom is 0.274 e. The van der Waals surface area contributed by atoms with Crippen LogP contribution in [0.15, 0.2) is 41.6 Å². The molecule has 2 aromatic rings. The Morgan fingerprint density at radius 2 is 2.17 bits per heavy atom. The lowest BCUT2D eigenvalue weighted by Gasteiger charge is -2.27. The Labute approximate surface area is 181 Å². The lowest BCUT2D eigenvalue weighted by Crippen LogP contribution is -2.43. The first-order valence-corrected chi connectivity index (χ1v) is 10.6. The molecule has 5 N–H and O–H groups in total. The number of hydrogen-bond donors (Lipinski definition) is 3. The molecule has 1 aromatic heterocycles. The van der Waals surface area contributed by atoms with Gasteiger partial charge in [-0.25, -0.2) is 20.8 Å². The summed E-state index contributed by atoms with van der Waals surface area (Å²) in [5.74, 6) is 12.6. The molecule has 1 unspecified atom stereocenters. The van der Waals surface area contributed by atoms with Gasteiger partial charge in [0.1, 0.15) is 0 Å². The number of allylic oxidation sites excluding steroid dienone is 1. The Morgan fingerprint density at radius 3 is 2.93 bits per heavy atom. The fourth-order valence-corrected chi connectivity index (χ4v) is 4.59. The maximum absolute atomic E-state index is 13.3. The van der Waals surface area contributed by atoms with Gasteiger partial charge in [-0.15, -0.1) is 0 Å². The topological polar surface area (TPSA) is 105 Å². The van der Waals surface area contributed by atoms with Crippen molar-refractivity contribution in [2.45, 2.75) is 45.2 Å². The average molecular weight is 430 g/mol. The number of carbonyl (C=O) groups excluding carboxylic acids is 1. The SMILES string of the molecule is CC1=CC(C(=O)N(N)c2nc3cccc(Cl)c3n2[C@@H]2CCCCN(N)C2)=CC(C)N1. The number of benzene rings is 1. The van der Waals surface area contributed by atoms with Crippen LogP contribution >= 0.6 is 11.6 Å². The van der Waals surface area contributed by atoms with Crippen LogP contribution in [-0.4, -0.2) is 39.6 Å². The van der Waals surface area contributed by atoms with Crippen LogP contribution in [0.25, 0.3) is 11.0 Å². The number of nitrogens with zero attached hydrogens (tertiary/aromatic N) is 4. The van der Waals surface area contributed by atoms with Gasteiger partial charge in [0.2, 0.25) is 5.95 Å². The van der Waals surface area contributed by atoms with Gasteiger partial charge in [-0.3, -0.25) is 10.6 Å². The molecular weight excluding hydrogens is 402 g/mol. The first-order chi connectivity index (χ1) is 14.3. The molecule has 3 heterocycles. The Balaban J connectivity index is 1.80. The summed E-state index contributed by atoms with van der Waals surface area (Å²) in [6.07, 6.45) is 6.62. The van der Waals surface area contributed by atoms with Crippen LogP contribution in [0.3, 0.4) is 0 Å². The standard InChI is InChI=1S/C21H28ClN7O/c1-13-10-15(11-14(2)25-13)20(30)29(24)21-26-18-8-5-7-17(22)19(18)28(21)16-6-3-4-9-27(23)12-16/h5,7-8,10-11,13,16,25H,3-4,6,9,12,23-24H2,1-2H3/t13?,16-/m1/s1. The van der Waals surface area contributed by atoms with Crippen molar-refractivity contribution in [2.75, 3.05) is 18.1 Å². The van der Waals surface area contributed by atoms with Crippen molar-refractivity contribution in [1.29, 1.82) is 0 Å². The molecule has 9 heteroatoms. The van der Waals surface area contributed by atoms with Crippen molar-refractivity contribution in [1.82, 2.24) is 19.9 Å². The van der Waals surface area contributed by atoms with Gasteiger partial charge in [-0.2, -0.15) is 0 Å². The molecule has 1 saturated heterocycles. The molecule has 0 saturated carbocycles. The maximum atomic E-state index is 13.3. The van der Waals surface area contributed by atoms with E-state index >= 15 is 0 Å². The lowest BCUT2D eigenvalue weighted by atomic mass is 10.1. The minimum Gasteiger partial charge on any atom is -0.383 e. The predicted octanol–water partition coefficient (Wildman–Crippen LogP) is 2.62. The summed E-state index contributed by atoms with van der Waals surface area (Å²) in [7, 11) is 0. The number of hydrogen-bond acceptors (Lipinski definition) is 6. The molecule has 2 aliphatic heterocycles. The number of carbonyl (C=O) groups is 1. The summed E-state index contributed by atoms with van der Waals surface area (Å²) in [4.78, 5) is 18.0. The monoisotopic (exact) mass is 429 g/mol. The van der Waals surface area contributed by atoms with Gasteiger partial charge in [-0.1, -0.05) is 24.1 Å². The Hall–Kier alpha value is -2.39. The highest BCUT2D eigenvalue weighted by molar-refractivity contribution is 6.35. The third-order valence-corrected chi connectivity index (χ3v) is 5.93. The van der Waals surface area contributed by atoms with Crippen molar-refractivity contribution in [3.8, 4) is 0 Å². The fourth-order valence-electron chi connectivity index (χ4n) is 4.33. The van der Waals surface area contributed by atoms with E-state index in [1.165, 1.54) is 0 Å². The van der Waals surface area contributed by atoms with E-state index in [1.807, 2.05) is 47.7 Å². The number of rotatable bonds is 3. The van der Waals surface area contributed by atoms with Crippen molar-refractivity contribution >= 4 is 34.5 Å². The molecule has 0 aliphatic carbocycles. The molecule has 0 bridgehead atoms. The van der Waals surface area contributed by atoms with E-state index < -0.39 is 0 Å². The predicted molar refractivity (Wildman–Crippen MR) is 120 cm³/mol. The minimum atomic E-state index is -0.311. The van der Waals surface area contributed by atoms with E-state index in [4.69, 9.17) is 28.3 Å². The number of nitrogens with one attached hydrogen (secondary N) is 1. The van der Waals surface area contributed by atoms with E-state index in [-0.39, 0.29) is 18.0 Å². The lowest BCUT2D eigenvalue weighted by molar-refractivity contribution is -0.115. The zero-order valence-corrected chi connectivity index (χ0v) is 18.1. The van der Waals surface area contributed by atoms with Crippen LogP contribution in [0.1, 0.15) is 39.2 Å². The van der Waals surface area contributed by atoms with Crippen LogP contribution in [-0.2, 0) is 4.79 Å². The quantitative estimate of drug-likeness (QED) is 0.393. The number of hydrazine groups is 2. The van der Waals surface area contributed by atoms with Crippen LogP contribution < -0.4 is 22.0 Å². The summed E-state index contributed by atoms with van der Waals surface area (Å²) in [6.45, 7) is 5.38. The third-order valence-electron chi connectivity index (χ3n) is 5.62. The Kier molecular flexibility index (Phi) is 5.84. The molecule has 1 aromatic carbocycles. The molecule has 4 rings (SSSR count). The summed E-state index contributed by atoms with van der Waals surface area (Å²) in [5, 5.41) is 6.79. The number of aromatic nitrogens is 2. The highest BCUT2D eigenvalue weighted by Crippen LogP contribution is 2.34. The number of anilines is 1. The second-order valence-electron chi connectivity index (χ2n) is 8.09.